The number of fused-ring (bicyclic) bond motifs is 1. The van der Waals surface area contributed by atoms with Crippen LogP contribution in [0.25, 0.3) is 0 Å². The molecule has 0 aliphatic carbocycles. The quantitative estimate of drug-likeness (QED) is 0.596. The van der Waals surface area contributed by atoms with Gasteiger partial charge in [-0.15, -0.1) is 0 Å². The van der Waals surface area contributed by atoms with Crippen LogP contribution in [0.15, 0.2) is 48.8 Å². The SMILES string of the molecule is Cc1nc([C@@H]2CCCCN2C(=O)c2ccccn2)nc2c1CCCN2CCc1ccccn1. The summed E-state index contributed by atoms with van der Waals surface area (Å²) in [6.45, 7) is 4.65. The first kappa shape index (κ1) is 21.5. The molecule has 0 radical (unpaired) electrons. The summed E-state index contributed by atoms with van der Waals surface area (Å²) in [6, 6.07) is 11.4. The molecule has 1 amide bonds. The third-order valence-corrected chi connectivity index (χ3v) is 6.67. The van der Waals surface area contributed by atoms with Crippen molar-refractivity contribution in [1.29, 1.82) is 0 Å². The normalized spacial score (nSPS) is 18.2. The van der Waals surface area contributed by atoms with Gasteiger partial charge in [0.2, 0.25) is 0 Å². The van der Waals surface area contributed by atoms with Gasteiger partial charge in [0.25, 0.3) is 5.91 Å². The molecule has 1 saturated heterocycles. The van der Waals surface area contributed by atoms with Gasteiger partial charge in [-0.1, -0.05) is 12.1 Å². The van der Waals surface area contributed by atoms with Crippen LogP contribution in [-0.2, 0) is 12.8 Å². The zero-order chi connectivity index (χ0) is 22.6. The number of amides is 1. The van der Waals surface area contributed by atoms with Crippen molar-refractivity contribution < 1.29 is 4.79 Å². The lowest BCUT2D eigenvalue weighted by atomic mass is 9.99. The van der Waals surface area contributed by atoms with Gasteiger partial charge in [-0.3, -0.25) is 14.8 Å². The largest absolute Gasteiger partial charge is 0.356 e. The van der Waals surface area contributed by atoms with Crippen molar-refractivity contribution in [3.63, 3.8) is 0 Å². The minimum Gasteiger partial charge on any atom is -0.356 e. The molecule has 1 atom stereocenters. The average molecular weight is 443 g/mol. The van der Waals surface area contributed by atoms with Crippen LogP contribution in [0.2, 0.25) is 0 Å². The van der Waals surface area contributed by atoms with Gasteiger partial charge in [0.05, 0.1) is 6.04 Å². The molecule has 170 valence electrons. The average Bonchev–Trinajstić information content (AvgIpc) is 2.88. The second kappa shape index (κ2) is 9.65. The molecule has 2 aliphatic rings. The van der Waals surface area contributed by atoms with Crippen molar-refractivity contribution in [1.82, 2.24) is 24.8 Å². The highest BCUT2D eigenvalue weighted by Gasteiger charge is 2.33. The molecule has 33 heavy (non-hydrogen) atoms. The number of anilines is 1. The van der Waals surface area contributed by atoms with Gasteiger partial charge in [0, 0.05) is 55.4 Å². The first-order valence-corrected chi connectivity index (χ1v) is 11.9. The Labute approximate surface area is 194 Å². The summed E-state index contributed by atoms with van der Waals surface area (Å²) in [7, 11) is 0. The summed E-state index contributed by atoms with van der Waals surface area (Å²) in [5.74, 6) is 1.77. The first-order chi connectivity index (χ1) is 16.2. The molecule has 0 N–H and O–H groups in total. The van der Waals surface area contributed by atoms with Crippen LogP contribution >= 0.6 is 0 Å². The van der Waals surface area contributed by atoms with Crippen LogP contribution in [0, 0.1) is 6.92 Å². The van der Waals surface area contributed by atoms with E-state index in [1.807, 2.05) is 35.4 Å². The minimum absolute atomic E-state index is 0.0359. The van der Waals surface area contributed by atoms with Gasteiger partial charge < -0.3 is 9.80 Å². The lowest BCUT2D eigenvalue weighted by Crippen LogP contribution is -2.40. The topological polar surface area (TPSA) is 75.1 Å². The van der Waals surface area contributed by atoms with Gasteiger partial charge in [-0.2, -0.15) is 0 Å². The van der Waals surface area contributed by atoms with E-state index >= 15 is 0 Å². The summed E-state index contributed by atoms with van der Waals surface area (Å²) < 4.78 is 0. The van der Waals surface area contributed by atoms with E-state index < -0.39 is 0 Å². The van der Waals surface area contributed by atoms with Crippen LogP contribution in [-0.4, -0.2) is 50.4 Å². The number of aryl methyl sites for hydroxylation is 1. The number of pyridine rings is 2. The van der Waals surface area contributed by atoms with E-state index in [4.69, 9.17) is 9.97 Å². The Morgan fingerprint density at radius 3 is 2.64 bits per heavy atom. The predicted molar refractivity (Wildman–Crippen MR) is 127 cm³/mol. The van der Waals surface area contributed by atoms with Crippen LogP contribution in [0.1, 0.15) is 65.0 Å². The van der Waals surface area contributed by atoms with E-state index in [1.54, 1.807) is 12.3 Å². The molecule has 3 aromatic heterocycles. The smallest absolute Gasteiger partial charge is 0.273 e. The number of likely N-dealkylation sites (tertiary alicyclic amines) is 1. The Morgan fingerprint density at radius 2 is 1.85 bits per heavy atom. The highest BCUT2D eigenvalue weighted by atomic mass is 16.2. The lowest BCUT2D eigenvalue weighted by molar-refractivity contribution is 0.0593. The van der Waals surface area contributed by atoms with E-state index in [1.165, 1.54) is 5.56 Å². The molecule has 0 spiro atoms. The van der Waals surface area contributed by atoms with Crippen LogP contribution in [0.5, 0.6) is 0 Å². The Balaban J connectivity index is 1.43. The fraction of sp³-hybridized carbons (Fsp3) is 0.423. The fourth-order valence-corrected chi connectivity index (χ4v) is 4.95. The summed E-state index contributed by atoms with van der Waals surface area (Å²) in [5.41, 5.74) is 3.85. The van der Waals surface area contributed by atoms with Crippen molar-refractivity contribution in [2.75, 3.05) is 24.5 Å². The molecule has 5 rings (SSSR count). The van der Waals surface area contributed by atoms with Crippen molar-refractivity contribution in [2.24, 2.45) is 0 Å². The van der Waals surface area contributed by atoms with Crippen molar-refractivity contribution in [3.05, 3.63) is 77.3 Å². The summed E-state index contributed by atoms with van der Waals surface area (Å²) in [6.07, 6.45) is 9.45. The molecule has 3 aromatic rings. The van der Waals surface area contributed by atoms with E-state index in [9.17, 15) is 4.79 Å². The number of aromatic nitrogens is 4. The van der Waals surface area contributed by atoms with Crippen molar-refractivity contribution >= 4 is 11.7 Å². The summed E-state index contributed by atoms with van der Waals surface area (Å²) in [5, 5.41) is 0. The molecule has 0 aromatic carbocycles. The van der Waals surface area contributed by atoms with Crippen LogP contribution < -0.4 is 4.90 Å². The summed E-state index contributed by atoms with van der Waals surface area (Å²) in [4.78, 5) is 36.4. The highest BCUT2D eigenvalue weighted by Crippen LogP contribution is 2.34. The number of nitrogens with zero attached hydrogens (tertiary/aromatic N) is 6. The lowest BCUT2D eigenvalue weighted by Gasteiger charge is -2.36. The molecule has 5 heterocycles. The molecule has 1 fully saturated rings. The van der Waals surface area contributed by atoms with Gasteiger partial charge in [-0.25, -0.2) is 9.97 Å². The van der Waals surface area contributed by atoms with Gasteiger partial charge >= 0.3 is 0 Å². The van der Waals surface area contributed by atoms with Crippen molar-refractivity contribution in [3.8, 4) is 0 Å². The number of carbonyl (C=O) groups excluding carboxylic acids is 1. The number of hydrogen-bond acceptors (Lipinski definition) is 6. The number of piperidine rings is 1. The maximum atomic E-state index is 13.3. The Hall–Kier alpha value is -3.35. The van der Waals surface area contributed by atoms with Gasteiger partial charge in [-0.05, 0) is 63.3 Å². The Morgan fingerprint density at radius 1 is 1.00 bits per heavy atom. The number of hydrogen-bond donors (Lipinski definition) is 0. The minimum atomic E-state index is -0.114. The molecule has 7 heteroatoms. The Bertz CT molecular complexity index is 1100. The fourth-order valence-electron chi connectivity index (χ4n) is 4.95. The molecule has 0 bridgehead atoms. The van der Waals surface area contributed by atoms with E-state index in [0.29, 0.717) is 12.2 Å². The maximum Gasteiger partial charge on any atom is 0.273 e. The zero-order valence-electron chi connectivity index (χ0n) is 19.2. The third kappa shape index (κ3) is 4.58. The Kier molecular flexibility index (Phi) is 6.28. The van der Waals surface area contributed by atoms with E-state index in [0.717, 1.165) is 74.6 Å². The molecule has 2 aliphatic heterocycles. The second-order valence-electron chi connectivity index (χ2n) is 8.86. The van der Waals surface area contributed by atoms with E-state index in [2.05, 4.69) is 27.9 Å². The number of rotatable bonds is 5. The molecule has 7 nitrogen and oxygen atoms in total. The molecule has 0 unspecified atom stereocenters. The van der Waals surface area contributed by atoms with Crippen LogP contribution in [0.3, 0.4) is 0 Å². The van der Waals surface area contributed by atoms with Gasteiger partial charge in [0.15, 0.2) is 5.82 Å². The summed E-state index contributed by atoms with van der Waals surface area (Å²) >= 11 is 0. The highest BCUT2D eigenvalue weighted by molar-refractivity contribution is 5.92. The standard InChI is InChI=1S/C26H30N6O/c1-19-21-10-8-16-31(18-13-20-9-2-5-14-27-20)25(21)30-24(29-19)23-12-4-7-17-32(23)26(33)22-11-3-6-15-28-22/h2-3,5-6,9,11,14-15,23H,4,7-8,10,12-13,16-18H2,1H3/t23-/m0/s1. The van der Waals surface area contributed by atoms with Crippen LogP contribution in [0.4, 0.5) is 5.82 Å². The van der Waals surface area contributed by atoms with Crippen molar-refractivity contribution in [2.45, 2.75) is 51.5 Å². The molecular weight excluding hydrogens is 412 g/mol. The molecule has 0 saturated carbocycles. The van der Waals surface area contributed by atoms with E-state index in [-0.39, 0.29) is 11.9 Å². The van der Waals surface area contributed by atoms with Gasteiger partial charge in [0.1, 0.15) is 11.5 Å². The second-order valence-corrected chi connectivity index (χ2v) is 8.86. The maximum absolute atomic E-state index is 13.3. The zero-order valence-corrected chi connectivity index (χ0v) is 19.2. The third-order valence-electron chi connectivity index (χ3n) is 6.67. The number of carbonyl (C=O) groups is 1. The first-order valence-electron chi connectivity index (χ1n) is 11.9. The predicted octanol–water partition coefficient (Wildman–Crippen LogP) is 3.94. The monoisotopic (exact) mass is 442 g/mol. The molecular formula is C26H30N6O.